The van der Waals surface area contributed by atoms with Crippen LogP contribution in [0.1, 0.15) is 28.4 Å². The molecule has 2 aliphatic heterocycles. The van der Waals surface area contributed by atoms with E-state index < -0.39 is 23.2 Å². The summed E-state index contributed by atoms with van der Waals surface area (Å²) >= 11 is 3.45. The van der Waals surface area contributed by atoms with Crippen LogP contribution in [0.15, 0.2) is 39.6 Å². The Morgan fingerprint density at radius 1 is 1.16 bits per heavy atom. The molecule has 31 heavy (non-hydrogen) atoms. The van der Waals surface area contributed by atoms with Crippen LogP contribution >= 0.6 is 15.9 Å². The number of amides is 2. The van der Waals surface area contributed by atoms with Gasteiger partial charge in [-0.25, -0.2) is 13.6 Å². The van der Waals surface area contributed by atoms with Gasteiger partial charge in [-0.2, -0.15) is 0 Å². The molecule has 0 aliphatic carbocycles. The van der Waals surface area contributed by atoms with Crippen molar-refractivity contribution in [3.05, 3.63) is 79.2 Å². The Morgan fingerprint density at radius 3 is 2.65 bits per heavy atom. The van der Waals surface area contributed by atoms with Crippen molar-refractivity contribution in [1.29, 1.82) is 0 Å². The molecule has 0 saturated heterocycles. The van der Waals surface area contributed by atoms with Crippen LogP contribution in [0.3, 0.4) is 0 Å². The fraction of sp³-hybridized carbons (Fsp3) is 0.273. The van der Waals surface area contributed by atoms with Gasteiger partial charge in [0.1, 0.15) is 0 Å². The average molecular weight is 490 g/mol. The van der Waals surface area contributed by atoms with E-state index in [1.165, 1.54) is 4.90 Å². The van der Waals surface area contributed by atoms with Gasteiger partial charge in [-0.1, -0.05) is 22.0 Å². The molecule has 2 amide bonds. The van der Waals surface area contributed by atoms with Crippen LogP contribution in [-0.2, 0) is 24.4 Å². The highest BCUT2D eigenvalue weighted by Gasteiger charge is 2.34. The maximum Gasteiger partial charge on any atom is 0.320 e. The summed E-state index contributed by atoms with van der Waals surface area (Å²) in [5.74, 6) is -2.13. The van der Waals surface area contributed by atoms with Crippen molar-refractivity contribution >= 4 is 32.7 Å². The van der Waals surface area contributed by atoms with Crippen LogP contribution in [-0.4, -0.2) is 34.5 Å². The minimum Gasteiger partial charge on any atom is -0.373 e. The van der Waals surface area contributed by atoms with Crippen molar-refractivity contribution < 1.29 is 18.3 Å². The maximum atomic E-state index is 14.1. The van der Waals surface area contributed by atoms with Gasteiger partial charge >= 0.3 is 6.03 Å². The second-order valence-electron chi connectivity index (χ2n) is 7.85. The molecule has 3 aromatic rings. The highest BCUT2D eigenvalue weighted by Crippen LogP contribution is 2.35. The Balaban J connectivity index is 1.53. The molecule has 0 spiro atoms. The van der Waals surface area contributed by atoms with E-state index in [9.17, 15) is 18.4 Å². The van der Waals surface area contributed by atoms with Crippen molar-refractivity contribution in [3.63, 3.8) is 0 Å². The van der Waals surface area contributed by atoms with E-state index in [1.54, 1.807) is 11.9 Å². The lowest BCUT2D eigenvalue weighted by atomic mass is 9.95. The number of fused-ring (bicyclic) bond motifs is 4. The fourth-order valence-corrected chi connectivity index (χ4v) is 4.81. The quantitative estimate of drug-likeness (QED) is 0.556. The molecule has 1 aromatic heterocycles. The molecule has 0 radical (unpaired) electrons. The lowest BCUT2D eigenvalue weighted by Gasteiger charge is -2.35. The van der Waals surface area contributed by atoms with Gasteiger partial charge in [0.2, 0.25) is 0 Å². The molecule has 0 unspecified atom stereocenters. The zero-order chi connectivity index (χ0) is 21.9. The molecule has 2 aliphatic rings. The van der Waals surface area contributed by atoms with E-state index in [4.69, 9.17) is 4.74 Å². The number of rotatable bonds is 1. The number of hydrogen-bond donors (Lipinski definition) is 1. The second kappa shape index (κ2) is 7.42. The number of urea groups is 1. The van der Waals surface area contributed by atoms with Crippen molar-refractivity contribution in [1.82, 2.24) is 14.8 Å². The lowest BCUT2D eigenvalue weighted by Crippen LogP contribution is -2.43. The number of halogens is 3. The molecule has 9 heteroatoms. The minimum atomic E-state index is -1.09. The smallest absolute Gasteiger partial charge is 0.320 e. The summed E-state index contributed by atoms with van der Waals surface area (Å²) in [6, 6.07) is 7.08. The Labute approximate surface area is 184 Å². The van der Waals surface area contributed by atoms with Crippen LogP contribution < -0.4 is 5.56 Å². The number of pyridine rings is 1. The Kier molecular flexibility index (Phi) is 4.82. The molecule has 3 heterocycles. The van der Waals surface area contributed by atoms with Crippen LogP contribution in [0.2, 0.25) is 0 Å². The molecule has 0 bridgehead atoms. The van der Waals surface area contributed by atoms with Gasteiger partial charge in [0.25, 0.3) is 5.56 Å². The number of ether oxygens (including phenoxy) is 1. The van der Waals surface area contributed by atoms with Gasteiger partial charge in [0.05, 0.1) is 24.6 Å². The maximum absolute atomic E-state index is 14.1. The summed E-state index contributed by atoms with van der Waals surface area (Å²) < 4.78 is 34.4. The van der Waals surface area contributed by atoms with Crippen LogP contribution in [0.25, 0.3) is 10.8 Å². The number of nitrogens with one attached hydrogen (secondary N) is 1. The highest BCUT2D eigenvalue weighted by atomic mass is 79.9. The zero-order valence-corrected chi connectivity index (χ0v) is 18.1. The Bertz CT molecular complexity index is 1290. The van der Waals surface area contributed by atoms with Crippen LogP contribution in [0.4, 0.5) is 13.6 Å². The number of aromatic amines is 1. The van der Waals surface area contributed by atoms with Crippen molar-refractivity contribution in [2.75, 3.05) is 13.7 Å². The topological polar surface area (TPSA) is 65.6 Å². The summed E-state index contributed by atoms with van der Waals surface area (Å²) in [4.78, 5) is 31.7. The van der Waals surface area contributed by atoms with E-state index in [0.717, 1.165) is 27.7 Å². The molecular weight excluding hydrogens is 472 g/mol. The SMILES string of the molecule is CN(C(=O)N1Cc2ccc(Br)cc2C1)[C@H]1COCc2[nH]c(=O)c3cc(F)c(F)cc3c21. The number of likely N-dealkylation sites (N-methyl/N-ethyl adjacent to an activating group) is 1. The minimum absolute atomic E-state index is 0.0452. The van der Waals surface area contributed by atoms with Crippen molar-refractivity contribution in [2.45, 2.75) is 25.7 Å². The third-order valence-electron chi connectivity index (χ3n) is 5.97. The molecule has 160 valence electrons. The standard InChI is InChI=1S/C22H18BrF2N3O3/c1-27(22(30)28-7-11-2-3-13(23)4-12(11)8-28)19-10-31-9-18-20(19)14-5-16(24)17(25)6-15(14)21(29)26-18/h2-6,19H,7-10H2,1H3,(H,26,29)/t19-/m0/s1. The first-order valence-corrected chi connectivity index (χ1v) is 10.5. The zero-order valence-electron chi connectivity index (χ0n) is 16.5. The van der Waals surface area contributed by atoms with Gasteiger partial charge in [0.15, 0.2) is 11.6 Å². The van der Waals surface area contributed by atoms with E-state index in [-0.39, 0.29) is 24.6 Å². The lowest BCUT2D eigenvalue weighted by molar-refractivity contribution is 0.0438. The number of benzene rings is 2. The third kappa shape index (κ3) is 3.32. The predicted octanol–water partition coefficient (Wildman–Crippen LogP) is 4.21. The van der Waals surface area contributed by atoms with E-state index in [2.05, 4.69) is 20.9 Å². The van der Waals surface area contributed by atoms with Gasteiger partial charge in [-0.3, -0.25) is 4.79 Å². The Morgan fingerprint density at radius 2 is 1.87 bits per heavy atom. The van der Waals surface area contributed by atoms with Crippen LogP contribution in [0.5, 0.6) is 0 Å². The molecule has 6 nitrogen and oxygen atoms in total. The molecular formula is C22H18BrF2N3O3. The van der Waals surface area contributed by atoms with Crippen molar-refractivity contribution in [3.8, 4) is 0 Å². The van der Waals surface area contributed by atoms with E-state index in [0.29, 0.717) is 29.7 Å². The predicted molar refractivity (Wildman–Crippen MR) is 113 cm³/mol. The highest BCUT2D eigenvalue weighted by molar-refractivity contribution is 9.10. The summed E-state index contributed by atoms with van der Waals surface area (Å²) in [6.45, 7) is 1.27. The summed E-state index contributed by atoms with van der Waals surface area (Å²) in [7, 11) is 1.65. The summed E-state index contributed by atoms with van der Waals surface area (Å²) in [5, 5.41) is 0.336. The first-order chi connectivity index (χ1) is 14.8. The largest absolute Gasteiger partial charge is 0.373 e. The fourth-order valence-electron chi connectivity index (χ4n) is 4.40. The van der Waals surface area contributed by atoms with Gasteiger partial charge in [-0.05, 0) is 40.8 Å². The summed E-state index contributed by atoms with van der Waals surface area (Å²) in [5.41, 5.74) is 2.68. The molecule has 2 aromatic carbocycles. The normalized spacial score (nSPS) is 17.5. The molecule has 0 saturated carbocycles. The molecule has 1 N–H and O–H groups in total. The second-order valence-corrected chi connectivity index (χ2v) is 8.77. The number of aromatic nitrogens is 1. The number of hydrogen-bond acceptors (Lipinski definition) is 3. The van der Waals surface area contributed by atoms with Crippen LogP contribution in [0, 0.1) is 11.6 Å². The number of carbonyl (C=O) groups is 1. The van der Waals surface area contributed by atoms with E-state index >= 15 is 0 Å². The van der Waals surface area contributed by atoms with Gasteiger partial charge < -0.3 is 19.5 Å². The van der Waals surface area contributed by atoms with E-state index in [1.807, 2.05) is 18.2 Å². The Hall–Kier alpha value is -2.78. The summed E-state index contributed by atoms with van der Waals surface area (Å²) in [6.07, 6.45) is 0. The average Bonchev–Trinajstić information content (AvgIpc) is 3.17. The van der Waals surface area contributed by atoms with Gasteiger partial charge in [0, 0.05) is 35.9 Å². The molecule has 1 atom stereocenters. The first-order valence-electron chi connectivity index (χ1n) is 9.74. The first kappa shape index (κ1) is 20.1. The number of H-pyrrole nitrogens is 1. The monoisotopic (exact) mass is 489 g/mol. The van der Waals surface area contributed by atoms with Crippen molar-refractivity contribution in [2.24, 2.45) is 0 Å². The molecule has 5 rings (SSSR count). The number of nitrogens with zero attached hydrogens (tertiary/aromatic N) is 2. The third-order valence-corrected chi connectivity index (χ3v) is 6.46. The number of carbonyl (C=O) groups excluding carboxylic acids is 1. The van der Waals surface area contributed by atoms with Gasteiger partial charge in [-0.15, -0.1) is 0 Å². The molecule has 0 fully saturated rings.